The van der Waals surface area contributed by atoms with Gasteiger partial charge in [-0.25, -0.2) is 4.79 Å². The molecule has 0 aromatic heterocycles. The summed E-state index contributed by atoms with van der Waals surface area (Å²) in [6, 6.07) is 26.3. The van der Waals surface area contributed by atoms with Crippen LogP contribution in [0.15, 0.2) is 84.9 Å². The Bertz CT molecular complexity index is 1290. The van der Waals surface area contributed by atoms with E-state index in [1.807, 2.05) is 84.9 Å². The van der Waals surface area contributed by atoms with Gasteiger partial charge in [-0.05, 0) is 69.2 Å². The van der Waals surface area contributed by atoms with Gasteiger partial charge < -0.3 is 9.47 Å². The average molecular weight is 543 g/mol. The van der Waals surface area contributed by atoms with Gasteiger partial charge >= 0.3 is 12.1 Å². The monoisotopic (exact) mass is 542 g/mol. The Balaban J connectivity index is 1.58. The van der Waals surface area contributed by atoms with E-state index in [9.17, 15) is 14.4 Å². The summed E-state index contributed by atoms with van der Waals surface area (Å²) in [6.07, 6.45) is 1.88. The fourth-order valence-corrected chi connectivity index (χ4v) is 4.93. The second kappa shape index (κ2) is 13.3. The zero-order chi connectivity index (χ0) is 28.5. The molecule has 1 heterocycles. The molecule has 0 spiro atoms. The molecule has 7 nitrogen and oxygen atoms in total. The van der Waals surface area contributed by atoms with Gasteiger partial charge in [0.15, 0.2) is 0 Å². The molecule has 0 fully saturated rings. The van der Waals surface area contributed by atoms with Gasteiger partial charge in [-0.3, -0.25) is 19.4 Å². The number of nitrogens with zero attached hydrogens (tertiary/aromatic N) is 2. The van der Waals surface area contributed by atoms with E-state index in [2.05, 4.69) is 0 Å². The lowest BCUT2D eigenvalue weighted by molar-refractivity contribution is -0.153. The predicted octanol–water partition coefficient (Wildman–Crippen LogP) is 5.95. The van der Waals surface area contributed by atoms with E-state index < -0.39 is 23.7 Å². The largest absolute Gasteiger partial charge is 0.459 e. The van der Waals surface area contributed by atoms with Crippen molar-refractivity contribution < 1.29 is 23.9 Å². The van der Waals surface area contributed by atoms with E-state index in [-0.39, 0.29) is 19.1 Å². The average Bonchev–Trinajstić information content (AvgIpc) is 3.06. The fourth-order valence-electron chi connectivity index (χ4n) is 4.93. The number of fused-ring (bicyclic) bond motifs is 1. The van der Waals surface area contributed by atoms with Crippen LogP contribution in [0.3, 0.4) is 0 Å². The van der Waals surface area contributed by atoms with Crippen molar-refractivity contribution in [3.63, 3.8) is 0 Å². The molecule has 0 aliphatic carbocycles. The Hall–Kier alpha value is -4.13. The standard InChI is InChI=1S/C33H38N2O5/c1-33(2,3)40-30(36)23-35-28-19-11-10-18-27(28)20-21-29(31(35)37)34(22-12-17-25-13-6-4-7-14-25)32(38)39-24-26-15-8-5-9-16-26/h4-11,13-16,18-19,29H,12,17,20-24H2,1-3H3. The summed E-state index contributed by atoms with van der Waals surface area (Å²) in [6.45, 7) is 5.60. The first-order chi connectivity index (χ1) is 19.2. The summed E-state index contributed by atoms with van der Waals surface area (Å²) >= 11 is 0. The number of esters is 1. The highest BCUT2D eigenvalue weighted by Gasteiger charge is 2.38. The number of benzene rings is 3. The molecular weight excluding hydrogens is 504 g/mol. The smallest absolute Gasteiger partial charge is 0.410 e. The normalized spacial score (nSPS) is 15.1. The SMILES string of the molecule is CC(C)(C)OC(=O)CN1C(=O)C(N(CCCc2ccccc2)C(=O)OCc2ccccc2)CCc2ccccc21. The van der Waals surface area contributed by atoms with E-state index in [1.54, 1.807) is 25.7 Å². The second-order valence-electron chi connectivity index (χ2n) is 11.0. The molecule has 4 rings (SSSR count). The van der Waals surface area contributed by atoms with Crippen LogP contribution in [0.2, 0.25) is 0 Å². The van der Waals surface area contributed by atoms with Gasteiger partial charge in [0, 0.05) is 12.2 Å². The Labute approximate surface area is 236 Å². The van der Waals surface area contributed by atoms with Crippen LogP contribution in [0.4, 0.5) is 10.5 Å². The number of aryl methyl sites for hydroxylation is 2. The summed E-state index contributed by atoms with van der Waals surface area (Å²) in [5.41, 5.74) is 2.96. The summed E-state index contributed by atoms with van der Waals surface area (Å²) in [5, 5.41) is 0. The number of para-hydroxylation sites is 1. The third kappa shape index (κ3) is 7.94. The maximum absolute atomic E-state index is 14.1. The van der Waals surface area contributed by atoms with E-state index in [0.29, 0.717) is 31.5 Å². The Morgan fingerprint density at radius 1 is 0.900 bits per heavy atom. The van der Waals surface area contributed by atoms with Crippen LogP contribution in [-0.2, 0) is 38.5 Å². The van der Waals surface area contributed by atoms with Crippen molar-refractivity contribution in [1.29, 1.82) is 0 Å². The molecule has 7 heteroatoms. The third-order valence-corrected chi connectivity index (χ3v) is 6.75. The maximum atomic E-state index is 14.1. The summed E-state index contributed by atoms with van der Waals surface area (Å²) in [5.74, 6) is -0.814. The minimum Gasteiger partial charge on any atom is -0.459 e. The first-order valence-electron chi connectivity index (χ1n) is 13.8. The molecule has 40 heavy (non-hydrogen) atoms. The first-order valence-corrected chi connectivity index (χ1v) is 13.8. The van der Waals surface area contributed by atoms with Crippen molar-refractivity contribution in [3.05, 3.63) is 102 Å². The van der Waals surface area contributed by atoms with Crippen molar-refractivity contribution in [2.45, 2.75) is 64.7 Å². The molecule has 1 aliphatic rings. The van der Waals surface area contributed by atoms with Crippen LogP contribution >= 0.6 is 0 Å². The van der Waals surface area contributed by atoms with Gasteiger partial charge in [0.1, 0.15) is 24.8 Å². The molecule has 0 saturated carbocycles. The number of rotatable bonds is 9. The van der Waals surface area contributed by atoms with E-state index >= 15 is 0 Å². The lowest BCUT2D eigenvalue weighted by Crippen LogP contribution is -2.52. The molecule has 0 radical (unpaired) electrons. The highest BCUT2D eigenvalue weighted by atomic mass is 16.6. The number of hydrogen-bond acceptors (Lipinski definition) is 5. The van der Waals surface area contributed by atoms with Crippen LogP contribution in [-0.4, -0.2) is 47.6 Å². The molecule has 2 amide bonds. The Morgan fingerprint density at radius 3 is 2.20 bits per heavy atom. The highest BCUT2D eigenvalue weighted by molar-refractivity contribution is 6.03. The molecule has 1 atom stereocenters. The lowest BCUT2D eigenvalue weighted by atomic mass is 10.0. The van der Waals surface area contributed by atoms with Crippen molar-refractivity contribution in [3.8, 4) is 0 Å². The molecule has 0 N–H and O–H groups in total. The van der Waals surface area contributed by atoms with Crippen LogP contribution in [0.25, 0.3) is 0 Å². The molecule has 3 aromatic rings. The van der Waals surface area contributed by atoms with Crippen LogP contribution in [0, 0.1) is 0 Å². The zero-order valence-electron chi connectivity index (χ0n) is 23.5. The number of carbonyl (C=O) groups is 3. The number of anilines is 1. The molecule has 0 bridgehead atoms. The van der Waals surface area contributed by atoms with Crippen LogP contribution in [0.1, 0.15) is 50.3 Å². The van der Waals surface area contributed by atoms with Gasteiger partial charge in [-0.2, -0.15) is 0 Å². The molecule has 3 aromatic carbocycles. The van der Waals surface area contributed by atoms with E-state index in [0.717, 1.165) is 23.1 Å². The van der Waals surface area contributed by atoms with Gasteiger partial charge in [-0.15, -0.1) is 0 Å². The molecule has 0 saturated heterocycles. The number of hydrogen-bond donors (Lipinski definition) is 0. The minimum absolute atomic E-state index is 0.109. The van der Waals surface area contributed by atoms with Crippen molar-refractivity contribution in [2.75, 3.05) is 18.0 Å². The summed E-state index contributed by atoms with van der Waals surface area (Å²) in [7, 11) is 0. The Morgan fingerprint density at radius 2 is 1.52 bits per heavy atom. The third-order valence-electron chi connectivity index (χ3n) is 6.75. The molecule has 1 unspecified atom stereocenters. The maximum Gasteiger partial charge on any atom is 0.410 e. The molecule has 210 valence electrons. The fraction of sp³-hybridized carbons (Fsp3) is 0.364. The van der Waals surface area contributed by atoms with Crippen molar-refractivity contribution in [2.24, 2.45) is 0 Å². The second-order valence-corrected chi connectivity index (χ2v) is 11.0. The zero-order valence-corrected chi connectivity index (χ0v) is 23.5. The van der Waals surface area contributed by atoms with Gasteiger partial charge in [-0.1, -0.05) is 78.9 Å². The van der Waals surface area contributed by atoms with Crippen molar-refractivity contribution in [1.82, 2.24) is 4.90 Å². The quantitative estimate of drug-likeness (QED) is 0.313. The van der Waals surface area contributed by atoms with Gasteiger partial charge in [0.05, 0.1) is 0 Å². The number of amides is 2. The molecular formula is C33H38N2O5. The molecule has 1 aliphatic heterocycles. The minimum atomic E-state index is -0.783. The summed E-state index contributed by atoms with van der Waals surface area (Å²) in [4.78, 5) is 43.6. The highest BCUT2D eigenvalue weighted by Crippen LogP contribution is 2.29. The number of carbonyl (C=O) groups excluding carboxylic acids is 3. The van der Waals surface area contributed by atoms with Gasteiger partial charge in [0.25, 0.3) is 0 Å². The first kappa shape index (κ1) is 28.9. The van der Waals surface area contributed by atoms with E-state index in [4.69, 9.17) is 9.47 Å². The van der Waals surface area contributed by atoms with Crippen LogP contribution in [0.5, 0.6) is 0 Å². The topological polar surface area (TPSA) is 76.2 Å². The predicted molar refractivity (Wildman–Crippen MR) is 155 cm³/mol. The Kier molecular flexibility index (Phi) is 9.59. The van der Waals surface area contributed by atoms with Crippen LogP contribution < -0.4 is 4.90 Å². The van der Waals surface area contributed by atoms with Crippen molar-refractivity contribution >= 4 is 23.7 Å². The summed E-state index contributed by atoms with van der Waals surface area (Å²) < 4.78 is 11.3. The lowest BCUT2D eigenvalue weighted by Gasteiger charge is -2.33. The number of ether oxygens (including phenoxy) is 2. The van der Waals surface area contributed by atoms with Gasteiger partial charge in [0.2, 0.25) is 5.91 Å². The van der Waals surface area contributed by atoms with E-state index in [1.165, 1.54) is 4.90 Å².